The maximum Gasteiger partial charge on any atom is 0.408 e. The number of rotatable bonds is 9. The van der Waals surface area contributed by atoms with Crippen LogP contribution in [0.4, 0.5) is 0 Å². The largest absolute Gasteiger partial charge is 0.408 e. The van der Waals surface area contributed by atoms with Gasteiger partial charge in [-0.3, -0.25) is 9.05 Å². The fourth-order valence-electron chi connectivity index (χ4n) is 1.74. The van der Waals surface area contributed by atoms with E-state index in [2.05, 4.69) is 15.9 Å². The average Bonchev–Trinajstić information content (AvgIpc) is 2.45. The van der Waals surface area contributed by atoms with E-state index in [1.807, 2.05) is 37.3 Å². The highest BCUT2D eigenvalue weighted by atomic mass is 79.9. The molecule has 0 spiro atoms. The predicted octanol–water partition coefficient (Wildman–Crippen LogP) is 4.06. The Morgan fingerprint density at radius 3 is 2.53 bits per heavy atom. The zero-order chi connectivity index (χ0) is 14.1. The first kappa shape index (κ1) is 16.9. The number of nitrogens with zero attached hydrogens (tertiary/aromatic N) is 1. The summed E-state index contributed by atoms with van der Waals surface area (Å²) in [5.74, 6) is 0. The van der Waals surface area contributed by atoms with Crippen LogP contribution in [0.25, 0.3) is 0 Å². The first-order valence-electron chi connectivity index (χ1n) is 6.32. The summed E-state index contributed by atoms with van der Waals surface area (Å²) in [7, 11) is -1.77. The minimum absolute atomic E-state index is 0.361. The van der Waals surface area contributed by atoms with Gasteiger partial charge in [0.1, 0.15) is 0 Å². The molecule has 1 aromatic carbocycles. The van der Waals surface area contributed by atoms with Crippen LogP contribution in [0, 0.1) is 0 Å². The molecule has 0 aliphatic rings. The molecule has 1 aromatic rings. The van der Waals surface area contributed by atoms with Crippen LogP contribution in [-0.4, -0.2) is 30.3 Å². The Bertz CT molecular complexity index is 402. The molecule has 19 heavy (non-hydrogen) atoms. The molecule has 1 rings (SSSR count). The molecule has 1 atom stereocenters. The quantitative estimate of drug-likeness (QED) is 0.497. The zero-order valence-electron chi connectivity index (χ0n) is 11.4. The molecule has 0 saturated carbocycles. The van der Waals surface area contributed by atoms with Crippen molar-refractivity contribution in [3.05, 3.63) is 35.9 Å². The van der Waals surface area contributed by atoms with Gasteiger partial charge in [-0.25, -0.2) is 9.24 Å². The van der Waals surface area contributed by atoms with Gasteiger partial charge in [0.2, 0.25) is 0 Å². The Morgan fingerprint density at radius 1 is 1.32 bits per heavy atom. The van der Waals surface area contributed by atoms with Gasteiger partial charge in [-0.15, -0.1) is 0 Å². The van der Waals surface area contributed by atoms with Crippen LogP contribution in [-0.2, 0) is 20.2 Å². The smallest absolute Gasteiger partial charge is 0.300 e. The molecule has 1 unspecified atom stereocenters. The summed E-state index contributed by atoms with van der Waals surface area (Å²) in [5.41, 5.74) is 1.09. The molecule has 108 valence electrons. The van der Waals surface area contributed by atoms with Gasteiger partial charge in [-0.05, 0) is 12.0 Å². The van der Waals surface area contributed by atoms with Gasteiger partial charge >= 0.3 is 7.75 Å². The number of benzene rings is 1. The second-order valence-corrected chi connectivity index (χ2v) is 6.97. The molecule has 0 saturated heterocycles. The summed E-state index contributed by atoms with van der Waals surface area (Å²) in [6.07, 6.45) is 0.887. The van der Waals surface area contributed by atoms with Crippen molar-refractivity contribution in [3.8, 4) is 0 Å². The van der Waals surface area contributed by atoms with Crippen molar-refractivity contribution in [1.82, 2.24) is 4.67 Å². The lowest BCUT2D eigenvalue weighted by Gasteiger charge is -2.28. The molecule has 0 radical (unpaired) electrons. The van der Waals surface area contributed by atoms with Gasteiger partial charge in [0.15, 0.2) is 0 Å². The van der Waals surface area contributed by atoms with Crippen LogP contribution in [0.15, 0.2) is 30.3 Å². The highest BCUT2D eigenvalue weighted by Gasteiger charge is 2.31. The molecule has 0 aliphatic heterocycles. The van der Waals surface area contributed by atoms with Crippen LogP contribution in [0.2, 0.25) is 0 Å². The van der Waals surface area contributed by atoms with E-state index in [0.29, 0.717) is 25.0 Å². The van der Waals surface area contributed by atoms with E-state index >= 15 is 0 Å². The highest BCUT2D eigenvalue weighted by molar-refractivity contribution is 9.09. The van der Waals surface area contributed by atoms with Crippen LogP contribution in [0.3, 0.4) is 0 Å². The molecule has 0 bridgehead atoms. The Hall–Kier alpha value is -0.190. The standard InChI is InChI=1S/C13H21BrNO3P/c1-3-10-15(12-13-7-5-4-6-8-13)19(16,17-2)18-11-9-14/h4-8H,3,9-12H2,1-2H3. The van der Waals surface area contributed by atoms with E-state index < -0.39 is 7.75 Å². The van der Waals surface area contributed by atoms with Crippen LogP contribution in [0.1, 0.15) is 18.9 Å². The summed E-state index contributed by atoms with van der Waals surface area (Å²) in [6, 6.07) is 9.91. The first-order valence-corrected chi connectivity index (χ1v) is 8.93. The average molecular weight is 350 g/mol. The van der Waals surface area contributed by atoms with E-state index in [9.17, 15) is 4.57 Å². The highest BCUT2D eigenvalue weighted by Crippen LogP contribution is 2.52. The molecule has 6 heteroatoms. The second kappa shape index (κ2) is 8.88. The van der Waals surface area contributed by atoms with Crippen LogP contribution < -0.4 is 0 Å². The maximum absolute atomic E-state index is 12.7. The Labute approximate surface area is 123 Å². The van der Waals surface area contributed by atoms with E-state index in [-0.39, 0.29) is 0 Å². The van der Waals surface area contributed by atoms with Crippen molar-refractivity contribution in [3.63, 3.8) is 0 Å². The summed E-state index contributed by atoms with van der Waals surface area (Å²) in [6.45, 7) is 3.63. The molecule has 0 aliphatic carbocycles. The zero-order valence-corrected chi connectivity index (χ0v) is 13.9. The lowest BCUT2D eigenvalue weighted by Crippen LogP contribution is -2.23. The Morgan fingerprint density at radius 2 is 2.00 bits per heavy atom. The van der Waals surface area contributed by atoms with Crippen molar-refractivity contribution in [2.45, 2.75) is 19.9 Å². The molecule has 0 N–H and O–H groups in total. The molecular formula is C13H21BrNO3P. The fourth-order valence-corrected chi connectivity index (χ4v) is 3.76. The summed E-state index contributed by atoms with van der Waals surface area (Å²) >= 11 is 3.27. The second-order valence-electron chi connectivity index (χ2n) is 4.05. The van der Waals surface area contributed by atoms with Gasteiger partial charge in [-0.1, -0.05) is 53.2 Å². The van der Waals surface area contributed by atoms with Crippen molar-refractivity contribution < 1.29 is 13.6 Å². The topological polar surface area (TPSA) is 38.8 Å². The molecule has 0 fully saturated rings. The van der Waals surface area contributed by atoms with E-state index in [1.54, 1.807) is 4.67 Å². The summed E-state index contributed by atoms with van der Waals surface area (Å²) < 4.78 is 25.1. The van der Waals surface area contributed by atoms with E-state index in [0.717, 1.165) is 12.0 Å². The van der Waals surface area contributed by atoms with Gasteiger partial charge in [-0.2, -0.15) is 0 Å². The van der Waals surface area contributed by atoms with Gasteiger partial charge < -0.3 is 0 Å². The number of hydrogen-bond acceptors (Lipinski definition) is 3. The summed E-state index contributed by atoms with van der Waals surface area (Å²) in [4.78, 5) is 0. The third kappa shape index (κ3) is 5.36. The number of alkyl halides is 1. The van der Waals surface area contributed by atoms with Gasteiger partial charge in [0.05, 0.1) is 6.61 Å². The third-order valence-electron chi connectivity index (χ3n) is 2.60. The molecule has 4 nitrogen and oxygen atoms in total. The molecule has 0 heterocycles. The SMILES string of the molecule is CCCN(Cc1ccccc1)P(=O)(OC)OCCBr. The third-order valence-corrected chi connectivity index (χ3v) is 4.93. The Balaban J connectivity index is 2.82. The van der Waals surface area contributed by atoms with E-state index in [1.165, 1.54) is 7.11 Å². The molecular weight excluding hydrogens is 329 g/mol. The molecule has 0 aromatic heterocycles. The van der Waals surface area contributed by atoms with Gasteiger partial charge in [0, 0.05) is 25.5 Å². The van der Waals surface area contributed by atoms with Crippen molar-refractivity contribution >= 4 is 23.7 Å². The van der Waals surface area contributed by atoms with E-state index in [4.69, 9.17) is 9.05 Å². The monoisotopic (exact) mass is 349 g/mol. The van der Waals surface area contributed by atoms with Crippen molar-refractivity contribution in [2.24, 2.45) is 0 Å². The number of halogens is 1. The Kier molecular flexibility index (Phi) is 7.88. The summed E-state index contributed by atoms with van der Waals surface area (Å²) in [5, 5.41) is 0.631. The van der Waals surface area contributed by atoms with Gasteiger partial charge in [0.25, 0.3) is 0 Å². The van der Waals surface area contributed by atoms with Crippen molar-refractivity contribution in [1.29, 1.82) is 0 Å². The lowest BCUT2D eigenvalue weighted by molar-refractivity contribution is 0.184. The van der Waals surface area contributed by atoms with Crippen molar-refractivity contribution in [2.75, 3.05) is 25.6 Å². The minimum Gasteiger partial charge on any atom is -0.300 e. The maximum atomic E-state index is 12.7. The van der Waals surface area contributed by atoms with Crippen LogP contribution >= 0.6 is 23.7 Å². The first-order chi connectivity index (χ1) is 9.16. The predicted molar refractivity (Wildman–Crippen MR) is 81.5 cm³/mol. The normalized spacial score (nSPS) is 14.5. The lowest BCUT2D eigenvalue weighted by atomic mass is 10.2. The number of hydrogen-bond donors (Lipinski definition) is 0. The van der Waals surface area contributed by atoms with Crippen LogP contribution in [0.5, 0.6) is 0 Å². The fraction of sp³-hybridized carbons (Fsp3) is 0.538. The molecule has 0 amide bonds. The minimum atomic E-state index is -3.21.